The quantitative estimate of drug-likeness (QED) is 0.125. The molecule has 1 aromatic rings. The van der Waals surface area contributed by atoms with E-state index in [4.69, 9.17) is 37.9 Å². The lowest BCUT2D eigenvalue weighted by molar-refractivity contribution is -0.139. The van der Waals surface area contributed by atoms with Gasteiger partial charge in [0.2, 0.25) is 5.91 Å². The molecule has 0 aliphatic heterocycles. The predicted molar refractivity (Wildman–Crippen MR) is 132 cm³/mol. The molecule has 11 heteroatoms. The van der Waals surface area contributed by atoms with Crippen molar-refractivity contribution in [3.63, 3.8) is 0 Å². The molecule has 0 spiro atoms. The van der Waals surface area contributed by atoms with Crippen molar-refractivity contribution in [3.05, 3.63) is 36.9 Å². The molecule has 0 aliphatic carbocycles. The molecule has 0 heterocycles. The van der Waals surface area contributed by atoms with Gasteiger partial charge >= 0.3 is 5.97 Å². The number of rotatable bonds is 24. The van der Waals surface area contributed by atoms with Gasteiger partial charge in [-0.25, -0.2) is 4.79 Å². The van der Waals surface area contributed by atoms with Crippen LogP contribution in [-0.2, 0) is 42.7 Å². The molecule has 0 fully saturated rings. The van der Waals surface area contributed by atoms with E-state index >= 15 is 0 Å². The fraction of sp³-hybridized carbons (Fsp3) is 0.600. The molecule has 1 N–H and O–H groups in total. The van der Waals surface area contributed by atoms with E-state index in [2.05, 4.69) is 11.9 Å². The second kappa shape index (κ2) is 22.9. The minimum Gasteiger partial charge on any atom is -0.491 e. The van der Waals surface area contributed by atoms with Crippen molar-refractivity contribution in [1.29, 1.82) is 0 Å². The van der Waals surface area contributed by atoms with E-state index in [9.17, 15) is 9.59 Å². The average Bonchev–Trinajstić information content (AvgIpc) is 2.87. The molecular weight excluding hydrogens is 474 g/mol. The molecule has 1 aromatic carbocycles. The van der Waals surface area contributed by atoms with Crippen LogP contribution < -0.4 is 10.1 Å². The van der Waals surface area contributed by atoms with Crippen LogP contribution in [0, 0.1) is 0 Å². The van der Waals surface area contributed by atoms with E-state index in [0.29, 0.717) is 91.6 Å². The molecule has 1 amide bonds. The number of hydrogen-bond donors (Lipinski definition) is 1. The lowest BCUT2D eigenvalue weighted by Crippen LogP contribution is -2.15. The number of ether oxygens (including phenoxy) is 8. The van der Waals surface area contributed by atoms with Crippen LogP contribution in [-0.4, -0.2) is 104 Å². The zero-order chi connectivity index (χ0) is 26.1. The summed E-state index contributed by atoms with van der Waals surface area (Å²) in [6.07, 6.45) is 1.11. The van der Waals surface area contributed by atoms with Crippen LogP contribution in [0.25, 0.3) is 0 Å². The summed E-state index contributed by atoms with van der Waals surface area (Å²) in [5.41, 5.74) is 0.729. The van der Waals surface area contributed by atoms with E-state index in [0.717, 1.165) is 11.8 Å². The van der Waals surface area contributed by atoms with Gasteiger partial charge in [-0.3, -0.25) is 4.79 Å². The van der Waals surface area contributed by atoms with Crippen molar-refractivity contribution in [3.8, 4) is 5.75 Å². The molecule has 0 bridgehead atoms. The Bertz CT molecular complexity index is 699. The third-order valence-electron chi connectivity index (χ3n) is 4.17. The van der Waals surface area contributed by atoms with Crippen molar-refractivity contribution in [1.82, 2.24) is 0 Å². The Balaban J connectivity index is 1.74. The highest BCUT2D eigenvalue weighted by Gasteiger charge is 1.99. The van der Waals surface area contributed by atoms with Crippen molar-refractivity contribution < 1.29 is 47.5 Å². The van der Waals surface area contributed by atoms with Gasteiger partial charge in [0.25, 0.3) is 0 Å². The van der Waals surface area contributed by atoms with Crippen molar-refractivity contribution in [2.45, 2.75) is 6.92 Å². The normalized spacial score (nSPS) is 10.7. The second-order valence-electron chi connectivity index (χ2n) is 7.10. The number of benzene rings is 1. The van der Waals surface area contributed by atoms with E-state index in [1.807, 2.05) is 0 Å². The summed E-state index contributed by atoms with van der Waals surface area (Å²) < 4.78 is 42.7. The van der Waals surface area contributed by atoms with Gasteiger partial charge in [0, 0.05) is 18.7 Å². The molecule has 0 atom stereocenters. The molecule has 0 aromatic heterocycles. The summed E-state index contributed by atoms with van der Waals surface area (Å²) in [7, 11) is 0. The minimum absolute atomic E-state index is 0.110. The number of carbonyl (C=O) groups excluding carboxylic acids is 2. The first-order valence-corrected chi connectivity index (χ1v) is 11.9. The maximum absolute atomic E-state index is 11.0. The lowest BCUT2D eigenvalue weighted by Gasteiger charge is -2.09. The maximum Gasteiger partial charge on any atom is 0.330 e. The molecule has 0 saturated heterocycles. The van der Waals surface area contributed by atoms with Gasteiger partial charge < -0.3 is 43.2 Å². The predicted octanol–water partition coefficient (Wildman–Crippen LogP) is 1.85. The molecule has 36 heavy (non-hydrogen) atoms. The largest absolute Gasteiger partial charge is 0.491 e. The summed E-state index contributed by atoms with van der Waals surface area (Å²) in [5, 5.41) is 2.70. The summed E-state index contributed by atoms with van der Waals surface area (Å²) in [6, 6.07) is 7.15. The number of nitrogens with one attached hydrogen (secondary N) is 1. The molecule has 204 valence electrons. The molecule has 0 aliphatic rings. The zero-order valence-electron chi connectivity index (χ0n) is 21.1. The number of esters is 1. The first kappa shape index (κ1) is 31.5. The number of hydrogen-bond acceptors (Lipinski definition) is 10. The number of carbonyl (C=O) groups is 2. The molecule has 0 radical (unpaired) electrons. The third-order valence-corrected chi connectivity index (χ3v) is 4.17. The minimum atomic E-state index is -0.461. The van der Waals surface area contributed by atoms with Gasteiger partial charge in [0.15, 0.2) is 0 Å². The monoisotopic (exact) mass is 513 g/mol. The van der Waals surface area contributed by atoms with Crippen LogP contribution in [0.3, 0.4) is 0 Å². The number of amides is 1. The number of anilines is 1. The van der Waals surface area contributed by atoms with Gasteiger partial charge in [-0.15, -0.1) is 0 Å². The molecular formula is C25H39NO10. The van der Waals surface area contributed by atoms with Crippen LogP contribution in [0.2, 0.25) is 0 Å². The smallest absolute Gasteiger partial charge is 0.330 e. The second-order valence-corrected chi connectivity index (χ2v) is 7.10. The highest BCUT2D eigenvalue weighted by Crippen LogP contribution is 2.15. The molecule has 0 saturated carbocycles. The first-order valence-electron chi connectivity index (χ1n) is 11.9. The highest BCUT2D eigenvalue weighted by molar-refractivity contribution is 5.88. The summed E-state index contributed by atoms with van der Waals surface area (Å²) in [4.78, 5) is 21.8. The van der Waals surface area contributed by atoms with Gasteiger partial charge in [-0.05, 0) is 24.3 Å². The van der Waals surface area contributed by atoms with Crippen molar-refractivity contribution in [2.24, 2.45) is 0 Å². The Morgan fingerprint density at radius 3 is 1.44 bits per heavy atom. The molecule has 1 rings (SSSR count). The van der Waals surface area contributed by atoms with Crippen LogP contribution in [0.15, 0.2) is 36.9 Å². The Kier molecular flexibility index (Phi) is 20.0. The average molecular weight is 514 g/mol. The Morgan fingerprint density at radius 2 is 1.06 bits per heavy atom. The summed E-state index contributed by atoms with van der Waals surface area (Å²) >= 11 is 0. The summed E-state index contributed by atoms with van der Waals surface area (Å²) in [5.74, 6) is 0.141. The molecule has 0 unspecified atom stereocenters. The Hall–Kier alpha value is -2.54. The topological polar surface area (TPSA) is 120 Å². The highest BCUT2D eigenvalue weighted by atomic mass is 16.6. The SMILES string of the molecule is C=CC(=O)OCCOCCOCCOCCOCCOCCOCCOc1ccc(NC(C)=O)cc1. The lowest BCUT2D eigenvalue weighted by atomic mass is 10.3. The standard InChI is InChI=1S/C25H39NO10/c1-3-25(28)36-21-19-34-17-15-32-13-11-30-9-8-29-10-12-31-14-16-33-18-20-35-24-6-4-23(5-7-24)26-22(2)27/h3-7H,1,8-21H2,2H3,(H,26,27). The van der Waals surface area contributed by atoms with Gasteiger partial charge in [0.1, 0.15) is 19.0 Å². The van der Waals surface area contributed by atoms with Crippen molar-refractivity contribution >= 4 is 17.6 Å². The van der Waals surface area contributed by atoms with Crippen LogP contribution in [0.1, 0.15) is 6.92 Å². The summed E-state index contributed by atoms with van der Waals surface area (Å²) in [6.45, 7) is 10.8. The zero-order valence-corrected chi connectivity index (χ0v) is 21.1. The van der Waals surface area contributed by atoms with Gasteiger partial charge in [-0.1, -0.05) is 6.58 Å². The molecule has 11 nitrogen and oxygen atoms in total. The van der Waals surface area contributed by atoms with E-state index < -0.39 is 5.97 Å². The van der Waals surface area contributed by atoms with E-state index in [1.54, 1.807) is 24.3 Å². The third kappa shape index (κ3) is 19.7. The van der Waals surface area contributed by atoms with Gasteiger partial charge in [0.05, 0.1) is 79.3 Å². The van der Waals surface area contributed by atoms with Crippen LogP contribution in [0.4, 0.5) is 5.69 Å². The Labute approximate surface area is 212 Å². The van der Waals surface area contributed by atoms with Crippen molar-refractivity contribution in [2.75, 3.05) is 97.8 Å². The van der Waals surface area contributed by atoms with Crippen LogP contribution in [0.5, 0.6) is 5.75 Å². The Morgan fingerprint density at radius 1 is 0.667 bits per heavy atom. The first-order chi connectivity index (χ1) is 17.6. The van der Waals surface area contributed by atoms with Crippen LogP contribution >= 0.6 is 0 Å². The fourth-order valence-corrected chi connectivity index (χ4v) is 2.52. The maximum atomic E-state index is 11.0. The van der Waals surface area contributed by atoms with E-state index in [-0.39, 0.29) is 12.5 Å². The fourth-order valence-electron chi connectivity index (χ4n) is 2.52. The van der Waals surface area contributed by atoms with E-state index in [1.165, 1.54) is 6.92 Å². The van der Waals surface area contributed by atoms with Gasteiger partial charge in [-0.2, -0.15) is 0 Å².